The predicted octanol–water partition coefficient (Wildman–Crippen LogP) is 1.30. The van der Waals surface area contributed by atoms with Crippen LogP contribution >= 0.6 is 11.6 Å². The van der Waals surface area contributed by atoms with Crippen LogP contribution in [0.4, 0.5) is 4.79 Å². The Hall–Kier alpha value is -2.57. The zero-order valence-electron chi connectivity index (χ0n) is 21.7. The molecule has 0 spiro atoms. The Morgan fingerprint density at radius 2 is 1.50 bits per heavy atom. The molecule has 9 nitrogen and oxygen atoms in total. The highest BCUT2D eigenvalue weighted by molar-refractivity contribution is 6.30. The Bertz CT molecular complexity index is 1160. The lowest BCUT2D eigenvalue weighted by Gasteiger charge is -2.31. The van der Waals surface area contributed by atoms with Gasteiger partial charge in [-0.05, 0) is 24.3 Å². The molecule has 2 aromatic rings. The first-order valence-corrected chi connectivity index (χ1v) is 12.6. The SMILES string of the molecule is CC(=O)OCCN(CCOC(C)=O)C(=O)OC[N+]1(C)CC2c3ccccc3Oc3ccc(Cl)cc3C2C1.[I-]. The van der Waals surface area contributed by atoms with Crippen LogP contribution in [-0.2, 0) is 23.8 Å². The molecule has 1 amide bonds. The number of hydrogen-bond acceptors (Lipinski definition) is 7. The number of likely N-dealkylation sites (tertiary alicyclic amines) is 1. The fourth-order valence-electron chi connectivity index (χ4n) is 5.11. The highest BCUT2D eigenvalue weighted by atomic mass is 127. The van der Waals surface area contributed by atoms with E-state index in [0.29, 0.717) is 9.51 Å². The maximum Gasteiger partial charge on any atom is 0.414 e. The van der Waals surface area contributed by atoms with E-state index < -0.39 is 18.0 Å². The Balaban J connectivity index is 0.00000400. The molecule has 0 aliphatic carbocycles. The molecule has 1 fully saturated rings. The van der Waals surface area contributed by atoms with Crippen molar-refractivity contribution >= 4 is 29.6 Å². The summed E-state index contributed by atoms with van der Waals surface area (Å²) in [5.41, 5.74) is 2.17. The van der Waals surface area contributed by atoms with E-state index in [4.69, 9.17) is 30.5 Å². The molecule has 4 rings (SSSR count). The molecular formula is C27H32ClIN2O7. The van der Waals surface area contributed by atoms with Gasteiger partial charge in [0.1, 0.15) is 24.7 Å². The average molecular weight is 659 g/mol. The second-order valence-corrected chi connectivity index (χ2v) is 10.2. The zero-order chi connectivity index (χ0) is 26.6. The molecule has 0 saturated carbocycles. The van der Waals surface area contributed by atoms with E-state index in [0.717, 1.165) is 35.7 Å². The van der Waals surface area contributed by atoms with Crippen molar-refractivity contribution in [3.8, 4) is 11.5 Å². The topological polar surface area (TPSA) is 91.4 Å². The summed E-state index contributed by atoms with van der Waals surface area (Å²) < 4.78 is 22.5. The van der Waals surface area contributed by atoms with Crippen molar-refractivity contribution in [3.05, 3.63) is 58.6 Å². The van der Waals surface area contributed by atoms with E-state index in [9.17, 15) is 14.4 Å². The van der Waals surface area contributed by atoms with Gasteiger partial charge in [-0.3, -0.25) is 14.1 Å². The molecule has 0 bridgehead atoms. The number of carbonyl (C=O) groups excluding carboxylic acids is 3. The molecular weight excluding hydrogens is 627 g/mol. The van der Waals surface area contributed by atoms with Crippen LogP contribution in [0.1, 0.15) is 36.8 Å². The number of amides is 1. The van der Waals surface area contributed by atoms with Gasteiger partial charge >= 0.3 is 18.0 Å². The number of benzene rings is 2. The maximum atomic E-state index is 13.0. The second-order valence-electron chi connectivity index (χ2n) is 9.73. The molecule has 0 aromatic heterocycles. The predicted molar refractivity (Wildman–Crippen MR) is 136 cm³/mol. The fraction of sp³-hybridized carbons (Fsp3) is 0.444. The van der Waals surface area contributed by atoms with E-state index in [-0.39, 0.29) is 68.8 Å². The lowest BCUT2D eigenvalue weighted by atomic mass is 9.84. The van der Waals surface area contributed by atoms with E-state index in [1.807, 2.05) is 36.4 Å². The summed E-state index contributed by atoms with van der Waals surface area (Å²) in [4.78, 5) is 36.6. The monoisotopic (exact) mass is 658 g/mol. The number of esters is 2. The van der Waals surface area contributed by atoms with Crippen molar-refractivity contribution < 1.29 is 61.8 Å². The van der Waals surface area contributed by atoms with Crippen LogP contribution in [0, 0.1) is 0 Å². The number of carbonyl (C=O) groups is 3. The molecule has 2 aliphatic rings. The maximum absolute atomic E-state index is 13.0. The number of fused-ring (bicyclic) bond motifs is 5. The van der Waals surface area contributed by atoms with Gasteiger partial charge in [-0.25, -0.2) is 4.79 Å². The number of likely N-dealkylation sites (N-methyl/N-ethyl adjacent to an activating group) is 1. The van der Waals surface area contributed by atoms with Gasteiger partial charge < -0.3 is 47.8 Å². The molecule has 2 aliphatic heterocycles. The minimum atomic E-state index is -0.557. The molecule has 3 unspecified atom stereocenters. The Kier molecular flexibility index (Phi) is 10.2. The first-order valence-electron chi connectivity index (χ1n) is 12.2. The Morgan fingerprint density at radius 1 is 0.921 bits per heavy atom. The molecule has 11 heteroatoms. The zero-order valence-corrected chi connectivity index (χ0v) is 24.6. The van der Waals surface area contributed by atoms with Crippen molar-refractivity contribution in [1.82, 2.24) is 4.90 Å². The molecule has 2 heterocycles. The van der Waals surface area contributed by atoms with Crippen LogP contribution < -0.4 is 28.7 Å². The summed E-state index contributed by atoms with van der Waals surface area (Å²) in [6.07, 6.45) is -0.557. The third-order valence-corrected chi connectivity index (χ3v) is 7.00. The summed E-state index contributed by atoms with van der Waals surface area (Å²) >= 11 is 6.36. The van der Waals surface area contributed by atoms with Gasteiger partial charge in [0.15, 0.2) is 0 Å². The third-order valence-electron chi connectivity index (χ3n) is 6.76. The van der Waals surface area contributed by atoms with Crippen LogP contribution in [0.15, 0.2) is 42.5 Å². The average Bonchev–Trinajstić information content (AvgIpc) is 3.14. The summed E-state index contributed by atoms with van der Waals surface area (Å²) in [5.74, 6) is 1.02. The number of para-hydroxylation sites is 1. The highest BCUT2D eigenvalue weighted by Crippen LogP contribution is 2.51. The number of rotatable bonds is 8. The smallest absolute Gasteiger partial charge is 0.414 e. The minimum absolute atomic E-state index is 0. The summed E-state index contributed by atoms with van der Waals surface area (Å²) in [6, 6.07) is 13.7. The summed E-state index contributed by atoms with van der Waals surface area (Å²) in [7, 11) is 2.07. The Labute approximate surface area is 244 Å². The van der Waals surface area contributed by atoms with Crippen LogP contribution in [0.2, 0.25) is 5.02 Å². The first-order chi connectivity index (χ1) is 17.6. The molecule has 3 atom stereocenters. The Morgan fingerprint density at radius 3 is 2.13 bits per heavy atom. The lowest BCUT2D eigenvalue weighted by Crippen LogP contribution is -3.00. The number of halogens is 2. The van der Waals surface area contributed by atoms with Crippen molar-refractivity contribution in [1.29, 1.82) is 0 Å². The molecule has 2 aromatic carbocycles. The number of quaternary nitrogens is 1. The highest BCUT2D eigenvalue weighted by Gasteiger charge is 2.48. The van der Waals surface area contributed by atoms with E-state index in [1.54, 1.807) is 0 Å². The molecule has 206 valence electrons. The fourth-order valence-corrected chi connectivity index (χ4v) is 5.29. The third kappa shape index (κ3) is 7.29. The van der Waals surface area contributed by atoms with Crippen molar-refractivity contribution in [2.24, 2.45) is 0 Å². The van der Waals surface area contributed by atoms with E-state index >= 15 is 0 Å². The second kappa shape index (κ2) is 13.0. The first kappa shape index (κ1) is 30.0. The van der Waals surface area contributed by atoms with Crippen molar-refractivity contribution in [2.45, 2.75) is 25.7 Å². The number of nitrogens with zero attached hydrogens (tertiary/aromatic N) is 2. The van der Waals surface area contributed by atoms with Crippen molar-refractivity contribution in [2.75, 3.05) is 53.2 Å². The van der Waals surface area contributed by atoms with Crippen LogP contribution in [0.5, 0.6) is 11.5 Å². The van der Waals surface area contributed by atoms with Gasteiger partial charge in [0.25, 0.3) is 0 Å². The van der Waals surface area contributed by atoms with Crippen LogP contribution in [-0.4, -0.2) is 80.6 Å². The number of hydrogen-bond donors (Lipinski definition) is 0. The quantitative estimate of drug-likeness (QED) is 0.183. The molecule has 38 heavy (non-hydrogen) atoms. The van der Waals surface area contributed by atoms with E-state index in [1.165, 1.54) is 18.7 Å². The minimum Gasteiger partial charge on any atom is -1.00 e. The summed E-state index contributed by atoms with van der Waals surface area (Å²) in [5, 5.41) is 0.649. The van der Waals surface area contributed by atoms with Gasteiger partial charge in [-0.2, -0.15) is 0 Å². The van der Waals surface area contributed by atoms with Gasteiger partial charge in [-0.15, -0.1) is 0 Å². The van der Waals surface area contributed by atoms with Crippen LogP contribution in [0.25, 0.3) is 0 Å². The van der Waals surface area contributed by atoms with Gasteiger partial charge in [0, 0.05) is 41.8 Å². The normalized spacial score (nSPS) is 20.8. The summed E-state index contributed by atoms with van der Waals surface area (Å²) in [6.45, 7) is 4.53. The van der Waals surface area contributed by atoms with Crippen LogP contribution in [0.3, 0.4) is 0 Å². The van der Waals surface area contributed by atoms with Gasteiger partial charge in [0.05, 0.1) is 33.2 Å². The largest absolute Gasteiger partial charge is 1.00 e. The molecule has 0 radical (unpaired) electrons. The molecule has 1 saturated heterocycles. The van der Waals surface area contributed by atoms with Gasteiger partial charge in [0.2, 0.25) is 6.73 Å². The van der Waals surface area contributed by atoms with Gasteiger partial charge in [-0.1, -0.05) is 29.8 Å². The number of ether oxygens (including phenoxy) is 4. The molecule has 0 N–H and O–H groups in total. The van der Waals surface area contributed by atoms with Crippen molar-refractivity contribution in [3.63, 3.8) is 0 Å². The van der Waals surface area contributed by atoms with E-state index in [2.05, 4.69) is 13.1 Å². The standard InChI is InChI=1S/C27H32ClN2O7.HI/c1-18(31)34-12-10-29(11-13-35-19(2)32)27(33)36-17-30(3)15-23-21-6-4-5-7-25(21)37-26-9-8-20(28)14-22(26)24(23)16-30;/h4-9,14,23-24H,10-13,15-17H2,1-3H3;1H/q+1;/p-1. The lowest BCUT2D eigenvalue weighted by molar-refractivity contribution is -0.915.